The molecule has 0 saturated carbocycles. The maximum Gasteiger partial charge on any atom is 0.349 e. The highest BCUT2D eigenvalue weighted by Crippen LogP contribution is 2.34. The van der Waals surface area contributed by atoms with Crippen LogP contribution in [-0.2, 0) is 4.79 Å². The van der Waals surface area contributed by atoms with Gasteiger partial charge >= 0.3 is 17.3 Å². The fourth-order valence-corrected chi connectivity index (χ4v) is 3.03. The lowest BCUT2D eigenvalue weighted by molar-refractivity contribution is -0.386. The number of carboxylic acid groups (broad SMARTS) is 1. The summed E-state index contributed by atoms with van der Waals surface area (Å²) in [6.45, 7) is 1.20. The van der Waals surface area contributed by atoms with Crippen molar-refractivity contribution < 1.29 is 19.6 Å². The molecule has 154 valence electrons. The maximum absolute atomic E-state index is 12.6. The van der Waals surface area contributed by atoms with Gasteiger partial charge in [0.2, 0.25) is 5.75 Å². The smallest absolute Gasteiger partial charge is 0.349 e. The van der Waals surface area contributed by atoms with E-state index < -0.39 is 33.9 Å². The van der Waals surface area contributed by atoms with Crippen molar-refractivity contribution in [3.05, 3.63) is 77.4 Å². The van der Waals surface area contributed by atoms with E-state index in [1.54, 1.807) is 18.2 Å². The zero-order valence-corrected chi connectivity index (χ0v) is 16.8. The summed E-state index contributed by atoms with van der Waals surface area (Å²) in [5, 5.41) is 24.5. The topological polar surface area (TPSA) is 157 Å². The molecule has 0 aliphatic rings. The number of nitro groups is 1. The van der Waals surface area contributed by atoms with Gasteiger partial charge in [-0.2, -0.15) is 5.10 Å². The second-order valence-electron chi connectivity index (χ2n) is 6.04. The van der Waals surface area contributed by atoms with Crippen LogP contribution < -0.4 is 16.0 Å². The summed E-state index contributed by atoms with van der Waals surface area (Å²) in [6, 6.07) is 8.85. The number of aromatic amines is 1. The zero-order chi connectivity index (χ0) is 22.0. The first-order chi connectivity index (χ1) is 14.2. The first-order valence-corrected chi connectivity index (χ1v) is 9.14. The summed E-state index contributed by atoms with van der Waals surface area (Å²) in [5.41, 5.74) is -1.71. The number of H-pyrrole nitrogens is 1. The molecule has 12 heteroatoms. The SMILES string of the molecule is C[C@H](Oc1c(C=Nn2c(=O)[nH]c3ccccc3c2=O)cc(Br)cc1[N+](=O)[O-])C(=O)O. The van der Waals surface area contributed by atoms with Crippen LogP contribution in [0.2, 0.25) is 0 Å². The fourth-order valence-electron chi connectivity index (χ4n) is 2.56. The Morgan fingerprint density at radius 2 is 2.07 bits per heavy atom. The number of rotatable bonds is 6. The molecule has 0 bridgehead atoms. The van der Waals surface area contributed by atoms with Crippen molar-refractivity contribution in [2.75, 3.05) is 0 Å². The molecular weight excluding hydrogens is 464 g/mol. The molecule has 0 unspecified atom stereocenters. The Morgan fingerprint density at radius 1 is 1.37 bits per heavy atom. The first kappa shape index (κ1) is 20.9. The standard InChI is InChI=1S/C18H13BrN4O7/c1-9(17(25)26)30-15-10(6-11(19)7-14(15)23(28)29)8-20-22-16(24)12-4-2-3-5-13(12)21-18(22)27/h2-9H,1H3,(H,21,27)(H,25,26)/t9-/m0/s1. The molecule has 0 saturated heterocycles. The average molecular weight is 477 g/mol. The molecule has 1 aromatic heterocycles. The van der Waals surface area contributed by atoms with Gasteiger partial charge in [0.15, 0.2) is 6.10 Å². The van der Waals surface area contributed by atoms with Gasteiger partial charge in [0, 0.05) is 16.1 Å². The van der Waals surface area contributed by atoms with Gasteiger partial charge in [-0.1, -0.05) is 28.1 Å². The van der Waals surface area contributed by atoms with Crippen LogP contribution in [0.15, 0.2) is 55.6 Å². The number of nitrogens with zero attached hydrogens (tertiary/aromatic N) is 3. The Kier molecular flexibility index (Phi) is 5.78. The number of carbonyl (C=O) groups is 1. The highest BCUT2D eigenvalue weighted by atomic mass is 79.9. The predicted molar refractivity (Wildman–Crippen MR) is 110 cm³/mol. The molecule has 2 aromatic carbocycles. The molecule has 11 nitrogen and oxygen atoms in total. The molecule has 3 aromatic rings. The molecule has 0 radical (unpaired) electrons. The number of hydrogen-bond donors (Lipinski definition) is 2. The molecule has 2 N–H and O–H groups in total. The van der Waals surface area contributed by atoms with Crippen molar-refractivity contribution in [2.45, 2.75) is 13.0 Å². The van der Waals surface area contributed by atoms with Gasteiger partial charge in [-0.25, -0.2) is 9.59 Å². The van der Waals surface area contributed by atoms with Gasteiger partial charge in [0.1, 0.15) is 0 Å². The van der Waals surface area contributed by atoms with Crippen molar-refractivity contribution in [2.24, 2.45) is 5.10 Å². The predicted octanol–water partition coefficient (Wildman–Crippen LogP) is 2.09. The van der Waals surface area contributed by atoms with E-state index in [-0.39, 0.29) is 21.2 Å². The molecule has 30 heavy (non-hydrogen) atoms. The van der Waals surface area contributed by atoms with Crippen LogP contribution in [0.4, 0.5) is 5.69 Å². The number of benzene rings is 2. The third kappa shape index (κ3) is 4.12. The number of ether oxygens (including phenoxy) is 1. The molecule has 1 heterocycles. The lowest BCUT2D eigenvalue weighted by Gasteiger charge is -2.13. The Balaban J connectivity index is 2.17. The zero-order valence-electron chi connectivity index (χ0n) is 15.2. The van der Waals surface area contributed by atoms with Crippen molar-refractivity contribution in [1.29, 1.82) is 0 Å². The molecular formula is C18H13BrN4O7. The van der Waals surface area contributed by atoms with E-state index in [0.717, 1.165) is 12.3 Å². The van der Waals surface area contributed by atoms with E-state index in [4.69, 9.17) is 9.84 Å². The molecule has 0 aliphatic heterocycles. The summed E-state index contributed by atoms with van der Waals surface area (Å²) in [6.07, 6.45) is -0.392. The van der Waals surface area contributed by atoms with Gasteiger partial charge in [-0.3, -0.25) is 14.9 Å². The average Bonchev–Trinajstić information content (AvgIpc) is 2.68. The number of carboxylic acids is 1. The third-order valence-corrected chi connectivity index (χ3v) is 4.46. The number of nitro benzene ring substituents is 1. The molecule has 0 fully saturated rings. The largest absolute Gasteiger partial charge is 0.479 e. The molecule has 3 rings (SSSR count). The monoisotopic (exact) mass is 476 g/mol. The van der Waals surface area contributed by atoms with Crippen molar-refractivity contribution in [3.63, 3.8) is 0 Å². The van der Waals surface area contributed by atoms with Crippen LogP contribution >= 0.6 is 15.9 Å². The summed E-state index contributed by atoms with van der Waals surface area (Å²) >= 11 is 3.12. The van der Waals surface area contributed by atoms with Crippen LogP contribution in [0.1, 0.15) is 12.5 Å². The Morgan fingerprint density at radius 3 is 2.73 bits per heavy atom. The Bertz CT molecular complexity index is 1310. The first-order valence-electron chi connectivity index (χ1n) is 8.35. The van der Waals surface area contributed by atoms with Crippen molar-refractivity contribution >= 4 is 44.7 Å². The second kappa shape index (κ2) is 8.29. The number of halogens is 1. The van der Waals surface area contributed by atoms with Crippen LogP contribution in [0.3, 0.4) is 0 Å². The van der Waals surface area contributed by atoms with E-state index in [1.807, 2.05) is 0 Å². The van der Waals surface area contributed by atoms with Gasteiger partial charge in [-0.05, 0) is 25.1 Å². The normalized spacial score (nSPS) is 12.2. The lowest BCUT2D eigenvalue weighted by Crippen LogP contribution is -2.32. The molecule has 0 spiro atoms. The number of nitrogens with one attached hydrogen (secondary N) is 1. The van der Waals surface area contributed by atoms with Gasteiger partial charge < -0.3 is 14.8 Å². The Labute approximate surface area is 175 Å². The number of aromatic nitrogens is 2. The van der Waals surface area contributed by atoms with Crippen molar-refractivity contribution in [3.8, 4) is 5.75 Å². The van der Waals surface area contributed by atoms with E-state index in [2.05, 4.69) is 26.0 Å². The highest BCUT2D eigenvalue weighted by molar-refractivity contribution is 9.10. The van der Waals surface area contributed by atoms with E-state index in [9.17, 15) is 24.5 Å². The molecule has 1 atom stereocenters. The minimum Gasteiger partial charge on any atom is -0.479 e. The minimum atomic E-state index is -1.40. The van der Waals surface area contributed by atoms with E-state index in [0.29, 0.717) is 10.2 Å². The third-order valence-electron chi connectivity index (χ3n) is 4.00. The quantitative estimate of drug-likeness (QED) is 0.313. The fraction of sp³-hybridized carbons (Fsp3) is 0.111. The van der Waals surface area contributed by atoms with Gasteiger partial charge in [0.05, 0.1) is 22.0 Å². The van der Waals surface area contributed by atoms with Crippen LogP contribution in [0.5, 0.6) is 5.75 Å². The summed E-state index contributed by atoms with van der Waals surface area (Å²) in [5.74, 6) is -1.70. The van der Waals surface area contributed by atoms with E-state index in [1.165, 1.54) is 19.1 Å². The van der Waals surface area contributed by atoms with Crippen molar-refractivity contribution in [1.82, 2.24) is 9.66 Å². The van der Waals surface area contributed by atoms with Crippen LogP contribution in [0, 0.1) is 10.1 Å². The summed E-state index contributed by atoms with van der Waals surface area (Å²) in [4.78, 5) is 49.1. The second-order valence-corrected chi connectivity index (χ2v) is 6.95. The highest BCUT2D eigenvalue weighted by Gasteiger charge is 2.24. The summed E-state index contributed by atoms with van der Waals surface area (Å²) < 4.78 is 6.09. The number of fused-ring (bicyclic) bond motifs is 1. The number of aliphatic carboxylic acids is 1. The van der Waals surface area contributed by atoms with Crippen LogP contribution in [0.25, 0.3) is 10.9 Å². The minimum absolute atomic E-state index is 0.0105. The van der Waals surface area contributed by atoms with Crippen LogP contribution in [-0.4, -0.2) is 38.0 Å². The van der Waals surface area contributed by atoms with E-state index >= 15 is 0 Å². The molecule has 0 aliphatic carbocycles. The maximum atomic E-state index is 12.6. The van der Waals surface area contributed by atoms with Gasteiger partial charge in [0.25, 0.3) is 5.56 Å². The lowest BCUT2D eigenvalue weighted by atomic mass is 10.2. The number of para-hydroxylation sites is 1. The summed E-state index contributed by atoms with van der Waals surface area (Å²) in [7, 11) is 0. The molecule has 0 amide bonds. The number of hydrogen-bond acceptors (Lipinski definition) is 7. The Hall–Kier alpha value is -3.80. The van der Waals surface area contributed by atoms with Gasteiger partial charge in [-0.15, -0.1) is 4.68 Å².